The minimum absolute atomic E-state index is 0. The fourth-order valence-corrected chi connectivity index (χ4v) is 3.52. The van der Waals surface area contributed by atoms with Gasteiger partial charge in [-0.25, -0.2) is 4.52 Å². The first-order chi connectivity index (χ1) is 13.4. The van der Waals surface area contributed by atoms with Crippen LogP contribution in [0, 0.1) is 0 Å². The van der Waals surface area contributed by atoms with Crippen LogP contribution in [0.25, 0.3) is 5.65 Å². The summed E-state index contributed by atoms with van der Waals surface area (Å²) in [5, 5.41) is 16.9. The number of aromatic nitrogens is 3. The number of aliphatic hydroxyl groups excluding tert-OH is 1. The van der Waals surface area contributed by atoms with E-state index in [0.29, 0.717) is 23.8 Å². The fourth-order valence-electron chi connectivity index (χ4n) is 3.52. The summed E-state index contributed by atoms with van der Waals surface area (Å²) in [5.74, 6) is 0.312. The van der Waals surface area contributed by atoms with Gasteiger partial charge in [-0.1, -0.05) is 6.07 Å². The van der Waals surface area contributed by atoms with E-state index in [0.717, 1.165) is 37.2 Å². The lowest BCUT2D eigenvalue weighted by molar-refractivity contribution is -0.137. The molecule has 1 aliphatic heterocycles. The number of alkyl halides is 3. The monoisotopic (exact) mass is 393 g/mol. The highest BCUT2D eigenvalue weighted by Gasteiger charge is 2.30. The summed E-state index contributed by atoms with van der Waals surface area (Å²) in [6.07, 6.45) is -2.33. The van der Waals surface area contributed by atoms with Crippen LogP contribution in [0.15, 0.2) is 42.5 Å². The van der Waals surface area contributed by atoms with Gasteiger partial charge in [-0.3, -0.25) is 4.90 Å². The van der Waals surface area contributed by atoms with Crippen LogP contribution < -0.4 is 5.32 Å². The van der Waals surface area contributed by atoms with Gasteiger partial charge in [-0.2, -0.15) is 18.2 Å². The molecule has 0 amide bonds. The number of benzene rings is 1. The van der Waals surface area contributed by atoms with Crippen LogP contribution in [0.5, 0.6) is 0 Å². The minimum atomic E-state index is -4.36. The summed E-state index contributed by atoms with van der Waals surface area (Å²) in [6, 6.07) is 10.6. The molecule has 2 N–H and O–H groups in total. The Morgan fingerprint density at radius 2 is 1.96 bits per heavy atom. The standard InChI is InChI=1S/C19H20F3N5O.H2/c20-19(21,22)13-6-8-14(9-7-13)23-18-24-17-5-1-3-15(27(17)25-18)11-26-10-2-4-16(26)12-28;/h1,3,5-9,16,28H,2,4,10-12H2,(H,23,25);1H/t16-;/m0./s1. The van der Waals surface area contributed by atoms with Gasteiger partial charge < -0.3 is 10.4 Å². The van der Waals surface area contributed by atoms with Crippen molar-refractivity contribution in [3.05, 3.63) is 53.7 Å². The third kappa shape index (κ3) is 3.81. The number of pyridine rings is 1. The number of halogens is 3. The van der Waals surface area contributed by atoms with Crippen molar-refractivity contribution in [2.24, 2.45) is 0 Å². The van der Waals surface area contributed by atoms with E-state index in [1.807, 2.05) is 18.2 Å². The number of nitrogens with one attached hydrogen (secondary N) is 1. The number of rotatable bonds is 5. The van der Waals surface area contributed by atoms with E-state index >= 15 is 0 Å². The van der Waals surface area contributed by atoms with Crippen molar-refractivity contribution in [2.45, 2.75) is 31.6 Å². The Hall–Kier alpha value is -2.65. The zero-order chi connectivity index (χ0) is 19.7. The maximum atomic E-state index is 12.7. The predicted octanol–water partition coefficient (Wildman–Crippen LogP) is 3.69. The SMILES string of the molecule is OC[C@@H]1CCCN1Cc1cccc2nc(Nc3ccc(C(F)(F)F)cc3)nn12.[HH]. The van der Waals surface area contributed by atoms with Crippen molar-refractivity contribution in [1.82, 2.24) is 19.5 Å². The third-order valence-electron chi connectivity index (χ3n) is 4.98. The van der Waals surface area contributed by atoms with Gasteiger partial charge in [-0.05, 0) is 55.8 Å². The maximum absolute atomic E-state index is 12.7. The summed E-state index contributed by atoms with van der Waals surface area (Å²) in [4.78, 5) is 6.63. The van der Waals surface area contributed by atoms with Crippen molar-refractivity contribution in [3.8, 4) is 0 Å². The number of hydrogen-bond donors (Lipinski definition) is 2. The van der Waals surface area contributed by atoms with Crippen LogP contribution in [0.2, 0.25) is 0 Å². The topological polar surface area (TPSA) is 65.7 Å². The summed E-state index contributed by atoms with van der Waals surface area (Å²) >= 11 is 0. The molecule has 4 rings (SSSR count). The summed E-state index contributed by atoms with van der Waals surface area (Å²) in [5.41, 5.74) is 1.36. The number of aliphatic hydroxyl groups is 1. The zero-order valence-electron chi connectivity index (χ0n) is 15.0. The Balaban J connectivity index is 0.00000240. The van der Waals surface area contributed by atoms with E-state index in [1.54, 1.807) is 4.52 Å². The third-order valence-corrected chi connectivity index (χ3v) is 4.98. The number of fused-ring (bicyclic) bond motifs is 1. The maximum Gasteiger partial charge on any atom is 0.416 e. The molecule has 0 saturated carbocycles. The van der Waals surface area contributed by atoms with Gasteiger partial charge in [0.1, 0.15) is 0 Å². The highest BCUT2D eigenvalue weighted by atomic mass is 19.4. The smallest absolute Gasteiger partial charge is 0.395 e. The summed E-state index contributed by atoms with van der Waals surface area (Å²) in [6.45, 7) is 1.70. The molecule has 0 bridgehead atoms. The van der Waals surface area contributed by atoms with Crippen molar-refractivity contribution >= 4 is 17.3 Å². The Morgan fingerprint density at radius 3 is 2.68 bits per heavy atom. The molecule has 1 saturated heterocycles. The highest BCUT2D eigenvalue weighted by molar-refractivity contribution is 5.56. The molecule has 1 fully saturated rings. The lowest BCUT2D eigenvalue weighted by atomic mass is 10.2. The molecule has 3 aromatic rings. The Labute approximate surface area is 161 Å². The highest BCUT2D eigenvalue weighted by Crippen LogP contribution is 2.30. The van der Waals surface area contributed by atoms with E-state index < -0.39 is 11.7 Å². The van der Waals surface area contributed by atoms with Crippen molar-refractivity contribution < 1.29 is 19.7 Å². The number of anilines is 2. The first-order valence-corrected chi connectivity index (χ1v) is 9.08. The lowest BCUT2D eigenvalue weighted by Gasteiger charge is -2.22. The molecule has 6 nitrogen and oxygen atoms in total. The van der Waals surface area contributed by atoms with E-state index in [2.05, 4.69) is 20.3 Å². The lowest BCUT2D eigenvalue weighted by Crippen LogP contribution is -2.32. The predicted molar refractivity (Wildman–Crippen MR) is 100 cm³/mol. The zero-order valence-corrected chi connectivity index (χ0v) is 15.0. The molecule has 150 valence electrons. The van der Waals surface area contributed by atoms with Gasteiger partial charge in [0.15, 0.2) is 5.65 Å². The average molecular weight is 393 g/mol. The largest absolute Gasteiger partial charge is 0.416 e. The van der Waals surface area contributed by atoms with Crippen LogP contribution in [-0.2, 0) is 12.7 Å². The second-order valence-corrected chi connectivity index (χ2v) is 6.87. The molecule has 0 aliphatic carbocycles. The molecule has 1 atom stereocenters. The van der Waals surface area contributed by atoms with Crippen LogP contribution in [-0.4, -0.2) is 43.8 Å². The molecule has 0 radical (unpaired) electrons. The van der Waals surface area contributed by atoms with Gasteiger partial charge in [0.2, 0.25) is 5.95 Å². The molecule has 28 heavy (non-hydrogen) atoms. The van der Waals surface area contributed by atoms with Crippen LogP contribution >= 0.6 is 0 Å². The van der Waals surface area contributed by atoms with E-state index in [4.69, 9.17) is 0 Å². The summed E-state index contributed by atoms with van der Waals surface area (Å²) < 4.78 is 39.8. The van der Waals surface area contributed by atoms with Crippen LogP contribution in [0.1, 0.15) is 25.5 Å². The minimum Gasteiger partial charge on any atom is -0.395 e. The number of nitrogens with zero attached hydrogens (tertiary/aromatic N) is 4. The van der Waals surface area contributed by atoms with E-state index in [-0.39, 0.29) is 14.1 Å². The molecular formula is C19H22F3N5O. The Bertz CT molecular complexity index is 961. The Kier molecular flexibility index (Phi) is 4.94. The van der Waals surface area contributed by atoms with Gasteiger partial charge in [-0.15, -0.1) is 5.10 Å². The van der Waals surface area contributed by atoms with Crippen molar-refractivity contribution in [2.75, 3.05) is 18.5 Å². The normalized spacial score (nSPS) is 18.1. The van der Waals surface area contributed by atoms with E-state index in [9.17, 15) is 18.3 Å². The van der Waals surface area contributed by atoms with E-state index in [1.165, 1.54) is 12.1 Å². The number of likely N-dealkylation sites (tertiary alicyclic amines) is 1. The fraction of sp³-hybridized carbons (Fsp3) is 0.368. The van der Waals surface area contributed by atoms with Gasteiger partial charge >= 0.3 is 6.18 Å². The molecule has 1 aliphatic rings. The quantitative estimate of drug-likeness (QED) is 0.692. The van der Waals surface area contributed by atoms with Crippen LogP contribution in [0.3, 0.4) is 0 Å². The van der Waals surface area contributed by atoms with Gasteiger partial charge in [0.25, 0.3) is 0 Å². The number of hydrogen-bond acceptors (Lipinski definition) is 5. The van der Waals surface area contributed by atoms with Gasteiger partial charge in [0, 0.05) is 19.7 Å². The second kappa shape index (κ2) is 7.40. The molecule has 2 aromatic heterocycles. The molecular weight excluding hydrogens is 371 g/mol. The molecule has 9 heteroatoms. The van der Waals surface area contributed by atoms with Crippen molar-refractivity contribution in [1.29, 1.82) is 0 Å². The van der Waals surface area contributed by atoms with Crippen LogP contribution in [0.4, 0.5) is 24.8 Å². The van der Waals surface area contributed by atoms with Crippen molar-refractivity contribution in [3.63, 3.8) is 0 Å². The molecule has 1 aromatic carbocycles. The first-order valence-electron chi connectivity index (χ1n) is 9.08. The second-order valence-electron chi connectivity index (χ2n) is 6.87. The Morgan fingerprint density at radius 1 is 1.18 bits per heavy atom. The molecule has 0 spiro atoms. The molecule has 0 unspecified atom stereocenters. The first kappa shape index (κ1) is 18.7. The summed E-state index contributed by atoms with van der Waals surface area (Å²) in [7, 11) is 0. The molecule has 3 heterocycles. The van der Waals surface area contributed by atoms with Gasteiger partial charge in [0.05, 0.1) is 17.9 Å². The average Bonchev–Trinajstić information content (AvgIpc) is 3.28.